The summed E-state index contributed by atoms with van der Waals surface area (Å²) >= 11 is 0. The third-order valence-corrected chi connectivity index (χ3v) is 4.49. The number of cyclic esters (lactones) is 1. The number of amides is 2. The number of carbonyl (C=O) groups excluding carboxylic acids is 2. The third kappa shape index (κ3) is 3.29. The Morgan fingerprint density at radius 3 is 2.57 bits per heavy atom. The van der Waals surface area contributed by atoms with Gasteiger partial charge in [0.15, 0.2) is 0 Å². The number of nitrogens with two attached hydrogens (primary N) is 1. The highest BCUT2D eigenvalue weighted by atomic mass is 19.1. The summed E-state index contributed by atoms with van der Waals surface area (Å²) in [6.45, 7) is 1.16. The second-order valence-corrected chi connectivity index (χ2v) is 6.09. The van der Waals surface area contributed by atoms with Crippen molar-refractivity contribution in [2.45, 2.75) is 31.1 Å². The SMILES string of the molecule is NC(=O)CC1(F)CCN(C2COC(=O)N2c2ccccc2)CC1. The van der Waals surface area contributed by atoms with Crippen molar-refractivity contribution in [3.63, 3.8) is 0 Å². The van der Waals surface area contributed by atoms with Gasteiger partial charge in [-0.2, -0.15) is 0 Å². The van der Waals surface area contributed by atoms with Crippen molar-refractivity contribution in [2.75, 3.05) is 24.6 Å². The van der Waals surface area contributed by atoms with Crippen LogP contribution < -0.4 is 10.6 Å². The van der Waals surface area contributed by atoms with Crippen LogP contribution in [0.4, 0.5) is 14.9 Å². The maximum atomic E-state index is 14.5. The van der Waals surface area contributed by atoms with E-state index in [1.807, 2.05) is 35.2 Å². The van der Waals surface area contributed by atoms with Gasteiger partial charge in [-0.15, -0.1) is 0 Å². The van der Waals surface area contributed by atoms with Crippen molar-refractivity contribution in [1.82, 2.24) is 4.90 Å². The van der Waals surface area contributed by atoms with Crippen LogP contribution in [-0.4, -0.2) is 48.4 Å². The zero-order chi connectivity index (χ0) is 16.4. The van der Waals surface area contributed by atoms with Crippen molar-refractivity contribution in [2.24, 2.45) is 5.73 Å². The van der Waals surface area contributed by atoms with Crippen molar-refractivity contribution >= 4 is 17.7 Å². The minimum absolute atomic E-state index is 0.225. The van der Waals surface area contributed by atoms with Gasteiger partial charge < -0.3 is 10.5 Å². The van der Waals surface area contributed by atoms with E-state index in [4.69, 9.17) is 10.5 Å². The van der Waals surface area contributed by atoms with Gasteiger partial charge in [-0.1, -0.05) is 18.2 Å². The highest BCUT2D eigenvalue weighted by Gasteiger charge is 2.43. The minimum Gasteiger partial charge on any atom is -0.445 e. The number of para-hydroxylation sites is 1. The van der Waals surface area contributed by atoms with Gasteiger partial charge in [-0.05, 0) is 25.0 Å². The van der Waals surface area contributed by atoms with Gasteiger partial charge in [0.2, 0.25) is 5.91 Å². The Morgan fingerprint density at radius 2 is 1.96 bits per heavy atom. The fourth-order valence-electron chi connectivity index (χ4n) is 3.26. The number of halogens is 1. The Bertz CT molecular complexity index is 587. The van der Waals surface area contributed by atoms with Gasteiger partial charge in [0.05, 0.1) is 6.42 Å². The van der Waals surface area contributed by atoms with Crippen LogP contribution in [0.5, 0.6) is 0 Å². The van der Waals surface area contributed by atoms with Crippen LogP contribution in [0.25, 0.3) is 0 Å². The van der Waals surface area contributed by atoms with Crippen LogP contribution in [-0.2, 0) is 9.53 Å². The normalized spacial score (nSPS) is 24.5. The van der Waals surface area contributed by atoms with E-state index in [9.17, 15) is 14.0 Å². The minimum atomic E-state index is -1.54. The summed E-state index contributed by atoms with van der Waals surface area (Å²) in [6, 6.07) is 9.27. The second-order valence-electron chi connectivity index (χ2n) is 6.09. The Balaban J connectivity index is 1.70. The van der Waals surface area contributed by atoms with E-state index >= 15 is 0 Å². The first-order valence-corrected chi connectivity index (χ1v) is 7.71. The number of ether oxygens (including phenoxy) is 1. The molecule has 0 spiro atoms. The van der Waals surface area contributed by atoms with Crippen LogP contribution in [0.1, 0.15) is 19.3 Å². The monoisotopic (exact) mass is 321 g/mol. The van der Waals surface area contributed by atoms with Crippen LogP contribution in [0, 0.1) is 0 Å². The molecule has 2 N–H and O–H groups in total. The van der Waals surface area contributed by atoms with E-state index in [0.717, 1.165) is 5.69 Å². The summed E-state index contributed by atoms with van der Waals surface area (Å²) in [4.78, 5) is 26.6. The molecule has 3 rings (SSSR count). The maximum absolute atomic E-state index is 14.5. The summed E-state index contributed by atoms with van der Waals surface area (Å²) in [6.07, 6.45) is -0.436. The molecule has 7 heteroatoms. The number of likely N-dealkylation sites (tertiary alicyclic amines) is 1. The molecular formula is C16H20FN3O3. The molecule has 124 valence electrons. The molecule has 23 heavy (non-hydrogen) atoms. The number of nitrogens with zero attached hydrogens (tertiary/aromatic N) is 2. The fourth-order valence-corrected chi connectivity index (χ4v) is 3.26. The van der Waals surface area contributed by atoms with Crippen molar-refractivity contribution in [1.29, 1.82) is 0 Å². The number of piperidine rings is 1. The van der Waals surface area contributed by atoms with Crippen LogP contribution >= 0.6 is 0 Å². The summed E-state index contributed by atoms with van der Waals surface area (Å²) in [5, 5.41) is 0. The molecule has 2 heterocycles. The predicted molar refractivity (Wildman–Crippen MR) is 82.5 cm³/mol. The molecule has 0 bridgehead atoms. The molecule has 0 saturated carbocycles. The summed E-state index contributed by atoms with van der Waals surface area (Å²) < 4.78 is 19.7. The molecule has 2 aliphatic rings. The zero-order valence-corrected chi connectivity index (χ0v) is 12.8. The number of primary amides is 1. The smallest absolute Gasteiger partial charge is 0.415 e. The number of hydrogen-bond acceptors (Lipinski definition) is 4. The van der Waals surface area contributed by atoms with Crippen LogP contribution in [0.15, 0.2) is 30.3 Å². The van der Waals surface area contributed by atoms with Gasteiger partial charge in [0.1, 0.15) is 18.4 Å². The quantitative estimate of drug-likeness (QED) is 0.915. The van der Waals surface area contributed by atoms with Crippen LogP contribution in [0.3, 0.4) is 0 Å². The van der Waals surface area contributed by atoms with Gasteiger partial charge in [0.25, 0.3) is 0 Å². The van der Waals surface area contributed by atoms with Crippen molar-refractivity contribution < 1.29 is 18.7 Å². The van der Waals surface area contributed by atoms with E-state index in [1.165, 1.54) is 0 Å². The van der Waals surface area contributed by atoms with E-state index in [-0.39, 0.29) is 32.0 Å². The summed E-state index contributed by atoms with van der Waals surface area (Å²) in [5.41, 5.74) is 4.34. The number of hydrogen-bond donors (Lipinski definition) is 1. The highest BCUT2D eigenvalue weighted by Crippen LogP contribution is 2.33. The van der Waals surface area contributed by atoms with Crippen molar-refractivity contribution in [3.05, 3.63) is 30.3 Å². The molecule has 2 saturated heterocycles. The summed E-state index contributed by atoms with van der Waals surface area (Å²) in [7, 11) is 0. The number of alkyl halides is 1. The molecule has 1 atom stereocenters. The first-order valence-electron chi connectivity index (χ1n) is 7.71. The van der Waals surface area contributed by atoms with Crippen LogP contribution in [0.2, 0.25) is 0 Å². The van der Waals surface area contributed by atoms with Gasteiger partial charge in [0, 0.05) is 18.8 Å². The lowest BCUT2D eigenvalue weighted by Gasteiger charge is -2.40. The molecule has 0 aliphatic carbocycles. The van der Waals surface area contributed by atoms with Gasteiger partial charge in [-0.3, -0.25) is 14.6 Å². The number of rotatable bonds is 4. The predicted octanol–water partition coefficient (Wildman–Crippen LogP) is 1.65. The Labute approximate surface area is 134 Å². The first-order chi connectivity index (χ1) is 11.0. The lowest BCUT2D eigenvalue weighted by atomic mass is 9.89. The molecule has 1 aromatic carbocycles. The molecule has 1 aromatic rings. The molecule has 0 aromatic heterocycles. The molecule has 2 amide bonds. The lowest BCUT2D eigenvalue weighted by Crippen LogP contribution is -2.53. The topological polar surface area (TPSA) is 75.9 Å². The zero-order valence-electron chi connectivity index (χ0n) is 12.8. The Morgan fingerprint density at radius 1 is 1.30 bits per heavy atom. The average molecular weight is 321 g/mol. The second kappa shape index (κ2) is 6.16. The van der Waals surface area contributed by atoms with E-state index in [2.05, 4.69) is 0 Å². The number of anilines is 1. The van der Waals surface area contributed by atoms with Crippen molar-refractivity contribution in [3.8, 4) is 0 Å². The Hall–Kier alpha value is -2.15. The number of benzene rings is 1. The standard InChI is InChI=1S/C16H20FN3O3/c17-16(10-13(18)21)6-8-19(9-7-16)14-11-23-15(22)20(14)12-4-2-1-3-5-12/h1-5,14H,6-11H2,(H2,18,21). The largest absolute Gasteiger partial charge is 0.445 e. The molecule has 1 unspecified atom stereocenters. The molecular weight excluding hydrogens is 301 g/mol. The highest BCUT2D eigenvalue weighted by molar-refractivity contribution is 5.90. The molecule has 2 aliphatic heterocycles. The number of carbonyl (C=O) groups is 2. The van der Waals surface area contributed by atoms with E-state index in [0.29, 0.717) is 13.1 Å². The third-order valence-electron chi connectivity index (χ3n) is 4.49. The molecule has 2 fully saturated rings. The average Bonchev–Trinajstić information content (AvgIpc) is 2.89. The molecule has 0 radical (unpaired) electrons. The fraction of sp³-hybridized carbons (Fsp3) is 0.500. The molecule has 6 nitrogen and oxygen atoms in total. The lowest BCUT2D eigenvalue weighted by molar-refractivity contribution is -0.121. The van der Waals surface area contributed by atoms with Gasteiger partial charge in [-0.25, -0.2) is 9.18 Å². The van der Waals surface area contributed by atoms with E-state index in [1.54, 1.807) is 4.90 Å². The van der Waals surface area contributed by atoms with Gasteiger partial charge >= 0.3 is 6.09 Å². The maximum Gasteiger partial charge on any atom is 0.415 e. The summed E-state index contributed by atoms with van der Waals surface area (Å²) in [5.74, 6) is -0.619. The van der Waals surface area contributed by atoms with E-state index < -0.39 is 17.7 Å². The first kappa shape index (κ1) is 15.7. The Kier molecular flexibility index (Phi) is 4.21.